The molecule has 0 bridgehead atoms. The van der Waals surface area contributed by atoms with Crippen LogP contribution in [0.4, 0.5) is 0 Å². The van der Waals surface area contributed by atoms with E-state index in [0.717, 1.165) is 5.92 Å². The summed E-state index contributed by atoms with van der Waals surface area (Å²) < 4.78 is 0. The Bertz CT molecular complexity index is 323. The summed E-state index contributed by atoms with van der Waals surface area (Å²) in [4.78, 5) is 1.49. The molecular formula is C14H23NS. The predicted octanol–water partition coefficient (Wildman–Crippen LogP) is 4.01. The van der Waals surface area contributed by atoms with Crippen molar-refractivity contribution >= 4 is 11.3 Å². The second-order valence-corrected chi connectivity index (χ2v) is 7.14. The summed E-state index contributed by atoms with van der Waals surface area (Å²) in [6.45, 7) is 7.08. The fourth-order valence-electron chi connectivity index (χ4n) is 2.81. The first-order chi connectivity index (χ1) is 7.48. The maximum absolute atomic E-state index is 6.28. The van der Waals surface area contributed by atoms with E-state index >= 15 is 0 Å². The smallest absolute Gasteiger partial charge is 0.0116 e. The third-order valence-corrected chi connectivity index (χ3v) is 5.04. The molecule has 3 unspecified atom stereocenters. The van der Waals surface area contributed by atoms with Crippen LogP contribution in [-0.4, -0.2) is 6.04 Å². The van der Waals surface area contributed by atoms with E-state index in [1.807, 2.05) is 11.3 Å². The molecule has 1 aromatic rings. The van der Waals surface area contributed by atoms with E-state index in [4.69, 9.17) is 5.73 Å². The molecule has 1 saturated carbocycles. The topological polar surface area (TPSA) is 26.0 Å². The third kappa shape index (κ3) is 2.49. The Labute approximate surface area is 103 Å². The number of rotatable bonds is 1. The number of hydrogen-bond acceptors (Lipinski definition) is 2. The summed E-state index contributed by atoms with van der Waals surface area (Å²) in [5, 5.41) is 2.17. The molecule has 1 heterocycles. The van der Waals surface area contributed by atoms with Crippen LogP contribution in [0.25, 0.3) is 0 Å². The maximum Gasteiger partial charge on any atom is 0.0116 e. The van der Waals surface area contributed by atoms with E-state index in [2.05, 4.69) is 38.3 Å². The highest BCUT2D eigenvalue weighted by Gasteiger charge is 2.35. The Morgan fingerprint density at radius 2 is 2.06 bits per heavy atom. The van der Waals surface area contributed by atoms with Crippen molar-refractivity contribution in [3.8, 4) is 0 Å². The van der Waals surface area contributed by atoms with Crippen molar-refractivity contribution in [2.45, 2.75) is 52.0 Å². The fraction of sp³-hybridized carbons (Fsp3) is 0.714. The number of nitrogens with two attached hydrogens (primary N) is 1. The van der Waals surface area contributed by atoms with E-state index in [1.165, 1.54) is 24.1 Å². The van der Waals surface area contributed by atoms with Crippen molar-refractivity contribution in [3.63, 3.8) is 0 Å². The molecule has 0 radical (unpaired) electrons. The lowest BCUT2D eigenvalue weighted by Gasteiger charge is -2.40. The van der Waals surface area contributed by atoms with Gasteiger partial charge < -0.3 is 5.73 Å². The van der Waals surface area contributed by atoms with Gasteiger partial charge in [-0.15, -0.1) is 11.3 Å². The summed E-state index contributed by atoms with van der Waals surface area (Å²) in [6, 6.07) is 4.77. The first-order valence-electron chi connectivity index (χ1n) is 6.27. The van der Waals surface area contributed by atoms with Gasteiger partial charge in [0.25, 0.3) is 0 Å². The fourth-order valence-corrected chi connectivity index (χ4v) is 3.73. The minimum Gasteiger partial charge on any atom is -0.327 e. The second-order valence-electron chi connectivity index (χ2n) is 6.16. The maximum atomic E-state index is 6.28. The van der Waals surface area contributed by atoms with Crippen molar-refractivity contribution in [2.24, 2.45) is 17.1 Å². The Hall–Kier alpha value is -0.340. The minimum atomic E-state index is 0.372. The normalized spacial score (nSPS) is 31.6. The molecule has 2 N–H and O–H groups in total. The molecule has 2 rings (SSSR count). The molecule has 16 heavy (non-hydrogen) atoms. The van der Waals surface area contributed by atoms with Gasteiger partial charge in [0.05, 0.1) is 0 Å². The van der Waals surface area contributed by atoms with Crippen molar-refractivity contribution < 1.29 is 0 Å². The molecule has 0 spiro atoms. The van der Waals surface area contributed by atoms with Crippen LogP contribution in [-0.2, 0) is 0 Å². The van der Waals surface area contributed by atoms with E-state index in [1.54, 1.807) is 0 Å². The summed E-state index contributed by atoms with van der Waals surface area (Å²) in [5.74, 6) is 1.41. The van der Waals surface area contributed by atoms with Crippen molar-refractivity contribution in [3.05, 3.63) is 22.4 Å². The van der Waals surface area contributed by atoms with Gasteiger partial charge in [-0.2, -0.15) is 0 Å². The molecule has 1 aliphatic carbocycles. The Balaban J connectivity index is 2.13. The SMILES string of the molecule is CC(C)(C)C1CCC(N)C(c2cccs2)C1. The van der Waals surface area contributed by atoms with Gasteiger partial charge in [-0.25, -0.2) is 0 Å². The van der Waals surface area contributed by atoms with Crippen LogP contribution >= 0.6 is 11.3 Å². The van der Waals surface area contributed by atoms with Crippen molar-refractivity contribution in [1.82, 2.24) is 0 Å². The van der Waals surface area contributed by atoms with Crippen LogP contribution in [0.15, 0.2) is 17.5 Å². The number of thiophene rings is 1. The van der Waals surface area contributed by atoms with Gasteiger partial charge in [-0.3, -0.25) is 0 Å². The molecule has 1 nitrogen and oxygen atoms in total. The Morgan fingerprint density at radius 3 is 2.62 bits per heavy atom. The Morgan fingerprint density at radius 1 is 1.31 bits per heavy atom. The van der Waals surface area contributed by atoms with Crippen LogP contribution in [0.3, 0.4) is 0 Å². The summed E-state index contributed by atoms with van der Waals surface area (Å²) in [6.07, 6.45) is 3.75. The van der Waals surface area contributed by atoms with E-state index in [0.29, 0.717) is 17.4 Å². The largest absolute Gasteiger partial charge is 0.327 e. The summed E-state index contributed by atoms with van der Waals surface area (Å²) in [5.41, 5.74) is 6.71. The van der Waals surface area contributed by atoms with E-state index in [9.17, 15) is 0 Å². The zero-order valence-corrected chi connectivity index (χ0v) is 11.4. The first kappa shape index (κ1) is 12.1. The first-order valence-corrected chi connectivity index (χ1v) is 7.15. The van der Waals surface area contributed by atoms with Crippen LogP contribution in [0, 0.1) is 11.3 Å². The molecule has 0 aromatic carbocycles. The van der Waals surface area contributed by atoms with Gasteiger partial charge in [0.1, 0.15) is 0 Å². The second kappa shape index (κ2) is 4.50. The van der Waals surface area contributed by atoms with Crippen LogP contribution < -0.4 is 5.73 Å². The molecule has 0 amide bonds. The minimum absolute atomic E-state index is 0.372. The van der Waals surface area contributed by atoms with E-state index in [-0.39, 0.29) is 0 Å². The highest BCUT2D eigenvalue weighted by atomic mass is 32.1. The van der Waals surface area contributed by atoms with E-state index < -0.39 is 0 Å². The van der Waals surface area contributed by atoms with Crippen LogP contribution in [0.1, 0.15) is 50.8 Å². The molecule has 1 fully saturated rings. The van der Waals surface area contributed by atoms with Crippen molar-refractivity contribution in [2.75, 3.05) is 0 Å². The quantitative estimate of drug-likeness (QED) is 0.785. The molecule has 1 aliphatic rings. The third-order valence-electron chi connectivity index (χ3n) is 4.04. The lowest BCUT2D eigenvalue weighted by atomic mass is 9.67. The number of hydrogen-bond donors (Lipinski definition) is 1. The highest BCUT2D eigenvalue weighted by molar-refractivity contribution is 7.10. The molecule has 0 aliphatic heterocycles. The molecule has 90 valence electrons. The lowest BCUT2D eigenvalue weighted by molar-refractivity contribution is 0.155. The molecule has 0 saturated heterocycles. The lowest BCUT2D eigenvalue weighted by Crippen LogP contribution is -2.37. The van der Waals surface area contributed by atoms with Crippen molar-refractivity contribution in [1.29, 1.82) is 0 Å². The van der Waals surface area contributed by atoms with Gasteiger partial charge >= 0.3 is 0 Å². The Kier molecular flexibility index (Phi) is 3.41. The molecule has 3 atom stereocenters. The van der Waals surface area contributed by atoms with Gasteiger partial charge in [0, 0.05) is 16.8 Å². The monoisotopic (exact) mass is 237 g/mol. The average molecular weight is 237 g/mol. The average Bonchev–Trinajstić information content (AvgIpc) is 2.69. The highest BCUT2D eigenvalue weighted by Crippen LogP contribution is 2.44. The van der Waals surface area contributed by atoms with Gasteiger partial charge in [0.15, 0.2) is 0 Å². The summed E-state index contributed by atoms with van der Waals surface area (Å²) >= 11 is 1.87. The van der Waals surface area contributed by atoms with Crippen LogP contribution in [0.5, 0.6) is 0 Å². The molecular weight excluding hydrogens is 214 g/mol. The predicted molar refractivity (Wildman–Crippen MR) is 71.8 cm³/mol. The molecule has 2 heteroatoms. The van der Waals surface area contributed by atoms with Gasteiger partial charge in [0.2, 0.25) is 0 Å². The molecule has 1 aromatic heterocycles. The van der Waals surface area contributed by atoms with Crippen LogP contribution in [0.2, 0.25) is 0 Å². The zero-order chi connectivity index (χ0) is 11.8. The standard InChI is InChI=1S/C14H23NS/c1-14(2,3)10-6-7-12(15)11(9-10)13-5-4-8-16-13/h4-5,8,10-12H,6-7,9,15H2,1-3H3. The van der Waals surface area contributed by atoms with Gasteiger partial charge in [-0.1, -0.05) is 26.8 Å². The zero-order valence-electron chi connectivity index (χ0n) is 10.6. The summed E-state index contributed by atoms with van der Waals surface area (Å²) in [7, 11) is 0. The van der Waals surface area contributed by atoms with Gasteiger partial charge in [-0.05, 0) is 42.0 Å².